The number of rotatable bonds is 9. The van der Waals surface area contributed by atoms with Crippen LogP contribution in [0, 0.1) is 17.0 Å². The summed E-state index contributed by atoms with van der Waals surface area (Å²) < 4.78 is 26.9. The average molecular weight is 388 g/mol. The van der Waals surface area contributed by atoms with Gasteiger partial charge in [0.2, 0.25) is 10.0 Å². The van der Waals surface area contributed by atoms with Crippen molar-refractivity contribution in [2.24, 2.45) is 10.7 Å². The molecule has 144 valence electrons. The predicted octanol–water partition coefficient (Wildman–Crippen LogP) is -0.976. The van der Waals surface area contributed by atoms with E-state index in [-0.39, 0.29) is 24.3 Å². The Morgan fingerprint density at radius 1 is 1.38 bits per heavy atom. The van der Waals surface area contributed by atoms with Crippen molar-refractivity contribution in [2.45, 2.75) is 30.7 Å². The number of hydroxylamine groups is 1. The first-order valence-corrected chi connectivity index (χ1v) is 8.88. The fourth-order valence-electron chi connectivity index (χ4n) is 1.92. The van der Waals surface area contributed by atoms with E-state index in [0.29, 0.717) is 0 Å². The molecule has 0 saturated carbocycles. The van der Waals surface area contributed by atoms with Crippen LogP contribution in [0.3, 0.4) is 0 Å². The maximum Gasteiger partial charge on any atom is 0.261 e. The summed E-state index contributed by atoms with van der Waals surface area (Å²) in [6.45, 7) is 1.81. The van der Waals surface area contributed by atoms with Gasteiger partial charge in [-0.15, -0.1) is 0 Å². The van der Waals surface area contributed by atoms with Crippen molar-refractivity contribution in [3.8, 4) is 0 Å². The van der Waals surface area contributed by atoms with E-state index in [1.807, 2.05) is 0 Å². The highest BCUT2D eigenvalue weighted by Crippen LogP contribution is 2.12. The molecular formula is C13H20N6O6S. The maximum atomic E-state index is 12.3. The van der Waals surface area contributed by atoms with Gasteiger partial charge in [-0.05, 0) is 31.9 Å². The fourth-order valence-corrected chi connectivity index (χ4v) is 3.15. The Labute approximate surface area is 149 Å². The summed E-state index contributed by atoms with van der Waals surface area (Å²) >= 11 is 0. The number of carbonyl (C=O) groups is 1. The number of guanidine groups is 1. The summed E-state index contributed by atoms with van der Waals surface area (Å²) in [4.78, 5) is 25.5. The summed E-state index contributed by atoms with van der Waals surface area (Å²) in [6, 6.07) is 4.73. The van der Waals surface area contributed by atoms with Crippen LogP contribution in [0.5, 0.6) is 0 Å². The third kappa shape index (κ3) is 7.00. The van der Waals surface area contributed by atoms with Gasteiger partial charge in [-0.2, -0.15) is 4.72 Å². The predicted molar refractivity (Wildman–Crippen MR) is 91.1 cm³/mol. The van der Waals surface area contributed by atoms with E-state index in [0.717, 1.165) is 5.56 Å². The Morgan fingerprint density at radius 3 is 2.54 bits per heavy atom. The molecule has 0 heterocycles. The highest BCUT2D eigenvalue weighted by molar-refractivity contribution is 7.89. The molecule has 1 aromatic carbocycles. The van der Waals surface area contributed by atoms with E-state index in [9.17, 15) is 23.3 Å². The number of carbonyl (C=O) groups excluding carboxylic acids is 1. The Bertz CT molecular complexity index is 764. The van der Waals surface area contributed by atoms with Gasteiger partial charge in [-0.1, -0.05) is 23.1 Å². The fraction of sp³-hybridized carbons (Fsp3) is 0.385. The number of hydrogen-bond acceptors (Lipinski definition) is 7. The van der Waals surface area contributed by atoms with Gasteiger partial charge in [0.05, 0.1) is 4.90 Å². The summed E-state index contributed by atoms with van der Waals surface area (Å²) in [7, 11) is -3.98. The van der Waals surface area contributed by atoms with Gasteiger partial charge in [0.1, 0.15) is 6.04 Å². The number of sulfonamides is 1. The molecule has 0 spiro atoms. The second kappa shape index (κ2) is 9.65. The molecule has 12 nitrogen and oxygen atoms in total. The van der Waals surface area contributed by atoms with Crippen LogP contribution >= 0.6 is 0 Å². The largest absolute Gasteiger partial charge is 0.365 e. The van der Waals surface area contributed by atoms with Crippen molar-refractivity contribution >= 4 is 21.9 Å². The molecule has 0 aliphatic heterocycles. The molecule has 1 rings (SSSR count). The molecule has 1 aromatic rings. The van der Waals surface area contributed by atoms with E-state index in [1.54, 1.807) is 24.5 Å². The van der Waals surface area contributed by atoms with Gasteiger partial charge in [0.15, 0.2) is 5.03 Å². The number of nitrogens with two attached hydrogens (primary N) is 1. The molecule has 0 radical (unpaired) electrons. The monoisotopic (exact) mass is 388 g/mol. The molecule has 26 heavy (non-hydrogen) atoms. The van der Waals surface area contributed by atoms with Crippen LogP contribution in [-0.2, 0) is 14.8 Å². The summed E-state index contributed by atoms with van der Waals surface area (Å²) in [5, 5.41) is 18.1. The zero-order chi connectivity index (χ0) is 19.7. The van der Waals surface area contributed by atoms with Crippen LogP contribution in [-0.4, -0.2) is 43.1 Å². The summed E-state index contributed by atoms with van der Waals surface area (Å²) in [5.41, 5.74) is 9.15. The lowest BCUT2D eigenvalue weighted by Crippen LogP contribution is -2.45. The van der Waals surface area contributed by atoms with E-state index in [2.05, 4.69) is 9.71 Å². The quantitative estimate of drug-likeness (QED) is 0.0890. The van der Waals surface area contributed by atoms with E-state index in [4.69, 9.17) is 10.9 Å². The third-order valence-electron chi connectivity index (χ3n) is 3.19. The average Bonchev–Trinajstić information content (AvgIpc) is 2.56. The number of hydrogen-bond donors (Lipinski definition) is 5. The van der Waals surface area contributed by atoms with E-state index in [1.165, 1.54) is 17.6 Å². The Hall–Kier alpha value is -2.77. The zero-order valence-corrected chi connectivity index (χ0v) is 14.7. The molecule has 1 atom stereocenters. The molecule has 0 aliphatic rings. The van der Waals surface area contributed by atoms with E-state index < -0.39 is 33.0 Å². The van der Waals surface area contributed by atoms with Gasteiger partial charge >= 0.3 is 0 Å². The molecule has 0 unspecified atom stereocenters. The molecule has 13 heteroatoms. The minimum atomic E-state index is -3.98. The lowest BCUT2D eigenvalue weighted by Gasteiger charge is -2.16. The lowest BCUT2D eigenvalue weighted by molar-refractivity contribution is -0.525. The van der Waals surface area contributed by atoms with Crippen LogP contribution in [0.1, 0.15) is 18.4 Å². The Morgan fingerprint density at radius 2 is 2.00 bits per heavy atom. The van der Waals surface area contributed by atoms with Gasteiger partial charge < -0.3 is 5.73 Å². The first-order chi connectivity index (χ1) is 12.2. The Kier molecular flexibility index (Phi) is 7.89. The maximum absolute atomic E-state index is 12.3. The highest BCUT2D eigenvalue weighted by Gasteiger charge is 2.25. The van der Waals surface area contributed by atoms with Crippen molar-refractivity contribution in [2.75, 3.05) is 6.54 Å². The number of nitrogens with zero attached hydrogens (tertiary/aromatic N) is 2. The van der Waals surface area contributed by atoms with Gasteiger partial charge in [0, 0.05) is 6.54 Å². The molecule has 0 bridgehead atoms. The molecular weight excluding hydrogens is 368 g/mol. The first-order valence-electron chi connectivity index (χ1n) is 7.39. The minimum absolute atomic E-state index is 0.00808. The number of benzene rings is 1. The van der Waals surface area contributed by atoms with Crippen LogP contribution < -0.4 is 21.4 Å². The number of nitrogens with one attached hydrogen (secondary N) is 3. The van der Waals surface area contributed by atoms with Gasteiger partial charge in [-0.3, -0.25) is 10.0 Å². The van der Waals surface area contributed by atoms with Crippen LogP contribution in [0.15, 0.2) is 34.2 Å². The van der Waals surface area contributed by atoms with Crippen molar-refractivity contribution in [3.63, 3.8) is 0 Å². The molecule has 0 aliphatic carbocycles. The van der Waals surface area contributed by atoms with Crippen LogP contribution in [0.25, 0.3) is 0 Å². The summed E-state index contributed by atoms with van der Waals surface area (Å²) in [5.74, 6) is -1.36. The number of nitro groups is 1. The van der Waals surface area contributed by atoms with Crippen molar-refractivity contribution < 1.29 is 23.5 Å². The van der Waals surface area contributed by atoms with Gasteiger partial charge in [-0.25, -0.2) is 29.0 Å². The highest BCUT2D eigenvalue weighted by atomic mass is 32.2. The number of hydrazine groups is 1. The molecule has 1 amide bonds. The Balaban J connectivity index is 2.74. The number of aryl methyl sites for hydroxylation is 1. The van der Waals surface area contributed by atoms with Crippen LogP contribution in [0.2, 0.25) is 0 Å². The van der Waals surface area contributed by atoms with Crippen molar-refractivity contribution in [1.29, 1.82) is 0 Å². The van der Waals surface area contributed by atoms with E-state index >= 15 is 0 Å². The van der Waals surface area contributed by atoms with Crippen molar-refractivity contribution in [3.05, 3.63) is 39.9 Å². The first kappa shape index (κ1) is 21.3. The molecule has 0 saturated heterocycles. The number of aliphatic imine (C=N–C) groups is 1. The topological polar surface area (TPSA) is 189 Å². The standard InChI is InChI=1S/C13H20N6O6S/c1-9-4-6-10(7-5-9)26(24,25)18-11(12(20)17-21)3-2-8-15-13(14)16-19(22)23/h4-7,11,18,21H,2-3,8H2,1H3,(H,17,20)(H3,14,15,16)/t11-/m0/s1. The minimum Gasteiger partial charge on any atom is -0.365 e. The molecule has 0 aromatic heterocycles. The SMILES string of the molecule is Cc1ccc(S(=O)(=O)N[C@@H](CCCN=C(N)N[N+](=O)[O-])C(=O)NO)cc1. The smallest absolute Gasteiger partial charge is 0.261 e. The zero-order valence-electron chi connectivity index (χ0n) is 13.9. The van der Waals surface area contributed by atoms with Crippen molar-refractivity contribution in [1.82, 2.24) is 15.6 Å². The number of amides is 1. The second-order valence-electron chi connectivity index (χ2n) is 5.24. The second-order valence-corrected chi connectivity index (χ2v) is 6.96. The third-order valence-corrected chi connectivity index (χ3v) is 4.68. The normalized spacial score (nSPS) is 13.1. The summed E-state index contributed by atoms with van der Waals surface area (Å²) in [6.07, 6.45) is 0.154. The molecule has 0 fully saturated rings. The lowest BCUT2D eigenvalue weighted by atomic mass is 10.1. The van der Waals surface area contributed by atoms with Crippen LogP contribution in [0.4, 0.5) is 0 Å². The molecule has 6 N–H and O–H groups in total. The van der Waals surface area contributed by atoms with Gasteiger partial charge in [0.25, 0.3) is 11.9 Å².